The van der Waals surface area contributed by atoms with E-state index >= 15 is 0 Å². The minimum atomic E-state index is -0.170. The molecule has 3 aromatic rings. The average molecular weight is 319 g/mol. The Morgan fingerprint density at radius 1 is 1.04 bits per heavy atom. The van der Waals surface area contributed by atoms with Crippen LogP contribution < -0.4 is 0 Å². The molecular formula is C19H17N3O2. The molecule has 120 valence electrons. The van der Waals surface area contributed by atoms with Crippen molar-refractivity contribution in [2.75, 3.05) is 7.11 Å². The lowest BCUT2D eigenvalue weighted by Gasteiger charge is -2.05. The molecule has 0 spiro atoms. The second kappa shape index (κ2) is 7.53. The summed E-state index contributed by atoms with van der Waals surface area (Å²) in [5.41, 5.74) is 2.73. The van der Waals surface area contributed by atoms with Gasteiger partial charge in [-0.1, -0.05) is 23.9 Å². The van der Waals surface area contributed by atoms with Crippen molar-refractivity contribution in [3.8, 4) is 23.2 Å². The molecule has 5 nitrogen and oxygen atoms in total. The van der Waals surface area contributed by atoms with Crippen LogP contribution in [0.2, 0.25) is 0 Å². The van der Waals surface area contributed by atoms with Crippen molar-refractivity contribution in [3.05, 3.63) is 65.8 Å². The molecule has 1 atom stereocenters. The zero-order valence-electron chi connectivity index (χ0n) is 13.6. The molecule has 0 amide bonds. The second-order valence-corrected chi connectivity index (χ2v) is 5.15. The van der Waals surface area contributed by atoms with Crippen molar-refractivity contribution in [3.63, 3.8) is 0 Å². The SMILES string of the molecule is CCC(OC)c1nc(-c2ccc(C#Cc3ccncc3)cc2)no1. The Morgan fingerprint density at radius 2 is 1.71 bits per heavy atom. The van der Waals surface area contributed by atoms with Crippen LogP contribution in [0.1, 0.15) is 36.5 Å². The number of methoxy groups -OCH3 is 1. The lowest BCUT2D eigenvalue weighted by molar-refractivity contribution is 0.0706. The molecule has 1 aromatic carbocycles. The maximum Gasteiger partial charge on any atom is 0.256 e. The fourth-order valence-electron chi connectivity index (χ4n) is 2.21. The van der Waals surface area contributed by atoms with E-state index in [-0.39, 0.29) is 6.10 Å². The van der Waals surface area contributed by atoms with E-state index in [1.807, 2.05) is 43.3 Å². The third-order valence-electron chi connectivity index (χ3n) is 3.55. The molecule has 0 saturated heterocycles. The third kappa shape index (κ3) is 3.67. The van der Waals surface area contributed by atoms with E-state index in [0.29, 0.717) is 11.7 Å². The van der Waals surface area contributed by atoms with Crippen LogP contribution in [0, 0.1) is 11.8 Å². The third-order valence-corrected chi connectivity index (χ3v) is 3.55. The van der Waals surface area contributed by atoms with Crippen LogP contribution in [0.3, 0.4) is 0 Å². The summed E-state index contributed by atoms with van der Waals surface area (Å²) in [6, 6.07) is 11.5. The van der Waals surface area contributed by atoms with Gasteiger partial charge in [0, 0.05) is 36.2 Å². The zero-order valence-corrected chi connectivity index (χ0v) is 13.6. The summed E-state index contributed by atoms with van der Waals surface area (Å²) in [5.74, 6) is 7.26. The molecule has 0 bridgehead atoms. The summed E-state index contributed by atoms with van der Waals surface area (Å²) < 4.78 is 10.6. The number of benzene rings is 1. The average Bonchev–Trinajstić information content (AvgIpc) is 3.12. The first-order valence-electron chi connectivity index (χ1n) is 7.69. The van der Waals surface area contributed by atoms with E-state index in [4.69, 9.17) is 9.26 Å². The highest BCUT2D eigenvalue weighted by Crippen LogP contribution is 2.22. The van der Waals surface area contributed by atoms with Crippen LogP contribution in [-0.4, -0.2) is 22.2 Å². The molecular weight excluding hydrogens is 302 g/mol. The fraction of sp³-hybridized carbons (Fsp3) is 0.211. The number of nitrogens with zero attached hydrogens (tertiary/aromatic N) is 3. The summed E-state index contributed by atoms with van der Waals surface area (Å²) in [5, 5.41) is 4.02. The first kappa shape index (κ1) is 15.9. The minimum Gasteiger partial charge on any atom is -0.372 e. The van der Waals surface area contributed by atoms with E-state index in [1.165, 1.54) is 0 Å². The van der Waals surface area contributed by atoms with Crippen molar-refractivity contribution >= 4 is 0 Å². The Balaban J connectivity index is 1.77. The smallest absolute Gasteiger partial charge is 0.256 e. The molecule has 0 aliphatic carbocycles. The molecule has 0 aliphatic rings. The molecule has 2 heterocycles. The summed E-state index contributed by atoms with van der Waals surface area (Å²) >= 11 is 0. The van der Waals surface area contributed by atoms with Gasteiger partial charge >= 0.3 is 0 Å². The Labute approximate surface area is 140 Å². The fourth-order valence-corrected chi connectivity index (χ4v) is 2.21. The summed E-state index contributed by atoms with van der Waals surface area (Å²) in [6.07, 6.45) is 4.06. The Bertz CT molecular complexity index is 842. The predicted molar refractivity (Wildman–Crippen MR) is 90.0 cm³/mol. The molecule has 0 N–H and O–H groups in total. The molecule has 0 aliphatic heterocycles. The van der Waals surface area contributed by atoms with Crippen LogP contribution in [0.25, 0.3) is 11.4 Å². The number of hydrogen-bond acceptors (Lipinski definition) is 5. The molecule has 1 unspecified atom stereocenters. The van der Waals surface area contributed by atoms with Gasteiger partial charge in [0.25, 0.3) is 5.89 Å². The van der Waals surface area contributed by atoms with Crippen molar-refractivity contribution in [1.82, 2.24) is 15.1 Å². The van der Waals surface area contributed by atoms with Gasteiger partial charge in [-0.25, -0.2) is 0 Å². The minimum absolute atomic E-state index is 0.170. The summed E-state index contributed by atoms with van der Waals surface area (Å²) in [4.78, 5) is 8.37. The van der Waals surface area contributed by atoms with Gasteiger partial charge in [-0.2, -0.15) is 4.98 Å². The molecule has 2 aromatic heterocycles. The van der Waals surface area contributed by atoms with Gasteiger partial charge in [0.1, 0.15) is 6.10 Å². The Morgan fingerprint density at radius 3 is 2.33 bits per heavy atom. The number of rotatable bonds is 4. The van der Waals surface area contributed by atoms with E-state index in [9.17, 15) is 0 Å². The number of hydrogen-bond donors (Lipinski definition) is 0. The van der Waals surface area contributed by atoms with Crippen molar-refractivity contribution in [2.24, 2.45) is 0 Å². The van der Waals surface area contributed by atoms with Gasteiger partial charge in [0.2, 0.25) is 5.82 Å². The van der Waals surface area contributed by atoms with E-state index < -0.39 is 0 Å². The first-order chi connectivity index (χ1) is 11.8. The molecule has 0 fully saturated rings. The highest BCUT2D eigenvalue weighted by atomic mass is 16.5. The highest BCUT2D eigenvalue weighted by molar-refractivity contribution is 5.56. The van der Waals surface area contributed by atoms with Crippen LogP contribution in [0.15, 0.2) is 53.3 Å². The largest absolute Gasteiger partial charge is 0.372 e. The van der Waals surface area contributed by atoms with Gasteiger partial charge < -0.3 is 9.26 Å². The lowest BCUT2D eigenvalue weighted by atomic mass is 10.1. The van der Waals surface area contributed by atoms with E-state index in [1.54, 1.807) is 19.5 Å². The predicted octanol–water partition coefficient (Wildman–Crippen LogP) is 3.63. The van der Waals surface area contributed by atoms with Crippen LogP contribution in [0.4, 0.5) is 0 Å². The standard InChI is InChI=1S/C19H17N3O2/c1-3-17(23-2)19-21-18(22-24-19)16-8-6-14(7-9-16)4-5-15-10-12-20-13-11-15/h6-13,17H,3H2,1-2H3. The van der Waals surface area contributed by atoms with Gasteiger partial charge in [0.05, 0.1) is 0 Å². The number of ether oxygens (including phenoxy) is 1. The Hall–Kier alpha value is -2.97. The van der Waals surface area contributed by atoms with Crippen LogP contribution in [-0.2, 0) is 4.74 Å². The number of pyridine rings is 1. The zero-order chi connectivity index (χ0) is 16.8. The maximum absolute atomic E-state index is 5.31. The van der Waals surface area contributed by atoms with Crippen molar-refractivity contribution in [1.29, 1.82) is 0 Å². The van der Waals surface area contributed by atoms with Gasteiger partial charge in [-0.15, -0.1) is 0 Å². The number of aromatic nitrogens is 3. The molecule has 3 rings (SSSR count). The molecule has 5 heteroatoms. The van der Waals surface area contributed by atoms with E-state index in [0.717, 1.165) is 23.1 Å². The van der Waals surface area contributed by atoms with Crippen LogP contribution in [0.5, 0.6) is 0 Å². The molecule has 0 radical (unpaired) electrons. The van der Waals surface area contributed by atoms with Gasteiger partial charge in [-0.3, -0.25) is 4.98 Å². The van der Waals surface area contributed by atoms with Gasteiger partial charge in [-0.05, 0) is 42.8 Å². The van der Waals surface area contributed by atoms with Crippen LogP contribution >= 0.6 is 0 Å². The summed E-state index contributed by atoms with van der Waals surface area (Å²) in [6.45, 7) is 2.01. The molecule has 0 saturated carbocycles. The first-order valence-corrected chi connectivity index (χ1v) is 7.69. The second-order valence-electron chi connectivity index (χ2n) is 5.15. The quantitative estimate of drug-likeness (QED) is 0.687. The van der Waals surface area contributed by atoms with Crippen molar-refractivity contribution in [2.45, 2.75) is 19.4 Å². The lowest BCUT2D eigenvalue weighted by Crippen LogP contribution is -1.99. The van der Waals surface area contributed by atoms with Gasteiger partial charge in [0.15, 0.2) is 0 Å². The maximum atomic E-state index is 5.31. The highest BCUT2D eigenvalue weighted by Gasteiger charge is 2.17. The molecule has 24 heavy (non-hydrogen) atoms. The normalized spacial score (nSPS) is 11.6. The topological polar surface area (TPSA) is 61.0 Å². The van der Waals surface area contributed by atoms with Crippen molar-refractivity contribution < 1.29 is 9.26 Å². The monoisotopic (exact) mass is 319 g/mol. The van der Waals surface area contributed by atoms with E-state index in [2.05, 4.69) is 27.0 Å². The Kier molecular flexibility index (Phi) is 4.99. The summed E-state index contributed by atoms with van der Waals surface area (Å²) in [7, 11) is 1.63.